The summed E-state index contributed by atoms with van der Waals surface area (Å²) in [7, 11) is 0. The molecule has 0 aromatic carbocycles. The molecule has 2 atom stereocenters. The van der Waals surface area contributed by atoms with Gasteiger partial charge in [0, 0.05) is 0 Å². The number of nitrogens with zero attached hydrogens (tertiary/aromatic N) is 1. The van der Waals surface area contributed by atoms with Gasteiger partial charge in [0.15, 0.2) is 12.1 Å². The molecular formula is C4H7N5O. The van der Waals surface area contributed by atoms with E-state index in [2.05, 4.69) is 20.9 Å². The minimum atomic E-state index is -0.229. The molecule has 1 fully saturated rings. The van der Waals surface area contributed by atoms with Crippen molar-refractivity contribution in [3.63, 3.8) is 0 Å². The average molecular weight is 141 g/mol. The number of hydrogen-bond acceptors (Lipinski definition) is 4. The molecule has 2 aliphatic heterocycles. The Kier molecular flexibility index (Phi) is 0.814. The molecule has 0 aromatic rings. The molecule has 2 unspecified atom stereocenters. The van der Waals surface area contributed by atoms with E-state index in [4.69, 9.17) is 5.73 Å². The molecule has 6 nitrogen and oxygen atoms in total. The molecule has 0 aromatic heterocycles. The van der Waals surface area contributed by atoms with Crippen molar-refractivity contribution in [2.45, 2.75) is 12.3 Å². The van der Waals surface area contributed by atoms with Crippen molar-refractivity contribution in [1.82, 2.24) is 16.0 Å². The fourth-order valence-electron chi connectivity index (χ4n) is 1.05. The van der Waals surface area contributed by atoms with Gasteiger partial charge in [0.2, 0.25) is 0 Å². The Morgan fingerprint density at radius 2 is 2.20 bits per heavy atom. The molecule has 2 rings (SSSR count). The first-order valence-electron chi connectivity index (χ1n) is 2.92. The highest BCUT2D eigenvalue weighted by Gasteiger charge is 2.35. The van der Waals surface area contributed by atoms with Crippen molar-refractivity contribution in [2.24, 2.45) is 10.7 Å². The smallest absolute Gasteiger partial charge is 0.318 e. The molecule has 2 heterocycles. The van der Waals surface area contributed by atoms with Gasteiger partial charge in [0.05, 0.1) is 0 Å². The van der Waals surface area contributed by atoms with E-state index in [1.54, 1.807) is 0 Å². The number of urea groups is 1. The number of hydrogen-bond donors (Lipinski definition) is 4. The van der Waals surface area contributed by atoms with Crippen LogP contribution in [0.1, 0.15) is 0 Å². The summed E-state index contributed by atoms with van der Waals surface area (Å²) < 4.78 is 0. The van der Waals surface area contributed by atoms with Crippen molar-refractivity contribution < 1.29 is 4.79 Å². The molecule has 0 aliphatic carbocycles. The number of carbonyl (C=O) groups excluding carboxylic acids is 1. The van der Waals surface area contributed by atoms with Crippen LogP contribution in [0, 0.1) is 0 Å². The van der Waals surface area contributed by atoms with E-state index in [-0.39, 0.29) is 18.4 Å². The van der Waals surface area contributed by atoms with Gasteiger partial charge < -0.3 is 21.7 Å². The number of fused-ring (bicyclic) bond motifs is 1. The summed E-state index contributed by atoms with van der Waals surface area (Å²) in [5.74, 6) is 0.363. The fourth-order valence-corrected chi connectivity index (χ4v) is 1.05. The molecule has 6 heteroatoms. The van der Waals surface area contributed by atoms with Gasteiger partial charge in [0.1, 0.15) is 6.17 Å². The van der Waals surface area contributed by atoms with E-state index in [1.165, 1.54) is 0 Å². The third kappa shape index (κ3) is 0.584. The number of aliphatic imine (C=N–C) groups is 1. The maximum Gasteiger partial charge on any atom is 0.318 e. The largest absolute Gasteiger partial charge is 0.370 e. The van der Waals surface area contributed by atoms with Crippen molar-refractivity contribution in [3.8, 4) is 0 Å². The summed E-state index contributed by atoms with van der Waals surface area (Å²) in [6.07, 6.45) is -0.389. The summed E-state index contributed by atoms with van der Waals surface area (Å²) in [6.45, 7) is 0. The molecule has 0 bridgehead atoms. The summed E-state index contributed by atoms with van der Waals surface area (Å²) in [5, 5.41) is 7.94. The Balaban J connectivity index is 2.17. The summed E-state index contributed by atoms with van der Waals surface area (Å²) in [5.41, 5.74) is 5.32. The number of nitrogens with one attached hydrogen (secondary N) is 3. The van der Waals surface area contributed by atoms with Crippen molar-refractivity contribution in [3.05, 3.63) is 0 Å². The van der Waals surface area contributed by atoms with E-state index in [9.17, 15) is 4.79 Å². The normalized spacial score (nSPS) is 35.6. The van der Waals surface area contributed by atoms with E-state index in [1.807, 2.05) is 0 Å². The predicted molar refractivity (Wildman–Crippen MR) is 34.0 cm³/mol. The highest BCUT2D eigenvalue weighted by atomic mass is 16.2. The lowest BCUT2D eigenvalue weighted by atomic mass is 10.4. The quantitative estimate of drug-likeness (QED) is 0.310. The second-order valence-electron chi connectivity index (χ2n) is 2.20. The van der Waals surface area contributed by atoms with Gasteiger partial charge >= 0.3 is 6.03 Å². The Morgan fingerprint density at radius 3 is 2.90 bits per heavy atom. The molecule has 2 amide bonds. The maximum atomic E-state index is 10.6. The maximum absolute atomic E-state index is 10.6. The van der Waals surface area contributed by atoms with E-state index < -0.39 is 0 Å². The topological polar surface area (TPSA) is 91.5 Å². The van der Waals surface area contributed by atoms with Crippen molar-refractivity contribution >= 4 is 12.0 Å². The first-order valence-corrected chi connectivity index (χ1v) is 2.92. The number of nitrogens with two attached hydrogens (primary N) is 1. The lowest BCUT2D eigenvalue weighted by molar-refractivity contribution is 0.246. The van der Waals surface area contributed by atoms with Gasteiger partial charge in [-0.2, -0.15) is 0 Å². The van der Waals surface area contributed by atoms with Crippen LogP contribution in [0.25, 0.3) is 0 Å². The summed E-state index contributed by atoms with van der Waals surface area (Å²) >= 11 is 0. The van der Waals surface area contributed by atoms with Crippen LogP contribution >= 0.6 is 0 Å². The number of guanidine groups is 1. The van der Waals surface area contributed by atoms with E-state index in [0.29, 0.717) is 5.96 Å². The Bertz CT molecular complexity index is 212. The zero-order valence-electron chi connectivity index (χ0n) is 5.09. The molecular weight excluding hydrogens is 134 g/mol. The molecule has 54 valence electrons. The Morgan fingerprint density at radius 1 is 1.40 bits per heavy atom. The van der Waals surface area contributed by atoms with Crippen LogP contribution in [0.15, 0.2) is 4.99 Å². The van der Waals surface area contributed by atoms with Gasteiger partial charge in [0.25, 0.3) is 0 Å². The van der Waals surface area contributed by atoms with Crippen molar-refractivity contribution in [1.29, 1.82) is 0 Å². The predicted octanol–water partition coefficient (Wildman–Crippen LogP) is -2.13. The SMILES string of the molecule is NC1=NC2NC(=O)NC2N1. The second-order valence-corrected chi connectivity index (χ2v) is 2.20. The minimum Gasteiger partial charge on any atom is -0.370 e. The zero-order valence-corrected chi connectivity index (χ0v) is 5.09. The monoisotopic (exact) mass is 141 g/mol. The number of amides is 2. The van der Waals surface area contributed by atoms with Gasteiger partial charge in [-0.05, 0) is 0 Å². The average Bonchev–Trinajstić information content (AvgIpc) is 2.21. The lowest BCUT2D eigenvalue weighted by Gasteiger charge is -2.04. The van der Waals surface area contributed by atoms with Gasteiger partial charge in [-0.15, -0.1) is 0 Å². The summed E-state index contributed by atoms with van der Waals surface area (Å²) in [4.78, 5) is 14.5. The Hall–Kier alpha value is -1.46. The molecule has 1 saturated heterocycles. The first-order chi connectivity index (χ1) is 4.75. The highest BCUT2D eigenvalue weighted by Crippen LogP contribution is 2.04. The van der Waals surface area contributed by atoms with Crippen molar-refractivity contribution in [2.75, 3.05) is 0 Å². The van der Waals surface area contributed by atoms with Crippen LogP contribution in [0.2, 0.25) is 0 Å². The van der Waals surface area contributed by atoms with Crippen LogP contribution in [0.3, 0.4) is 0 Å². The van der Waals surface area contributed by atoms with Gasteiger partial charge in [-0.25, -0.2) is 9.79 Å². The number of carbonyl (C=O) groups is 1. The van der Waals surface area contributed by atoms with Crippen LogP contribution in [0.5, 0.6) is 0 Å². The lowest BCUT2D eigenvalue weighted by Crippen LogP contribution is -2.44. The zero-order chi connectivity index (χ0) is 7.14. The molecule has 0 radical (unpaired) electrons. The van der Waals surface area contributed by atoms with Crippen LogP contribution < -0.4 is 21.7 Å². The summed E-state index contributed by atoms with van der Waals surface area (Å²) in [6, 6.07) is -0.209. The Labute approximate surface area is 56.9 Å². The van der Waals surface area contributed by atoms with E-state index >= 15 is 0 Å². The van der Waals surface area contributed by atoms with Crippen LogP contribution in [-0.2, 0) is 0 Å². The molecule has 10 heavy (non-hydrogen) atoms. The van der Waals surface area contributed by atoms with Gasteiger partial charge in [-0.3, -0.25) is 0 Å². The van der Waals surface area contributed by atoms with E-state index in [0.717, 1.165) is 0 Å². The van der Waals surface area contributed by atoms with Crippen LogP contribution in [-0.4, -0.2) is 24.3 Å². The highest BCUT2D eigenvalue weighted by molar-refractivity contribution is 5.85. The third-order valence-electron chi connectivity index (χ3n) is 1.46. The second kappa shape index (κ2) is 1.53. The third-order valence-corrected chi connectivity index (χ3v) is 1.46. The molecule has 0 spiro atoms. The fraction of sp³-hybridized carbons (Fsp3) is 0.500. The standard InChI is InChI=1S/C4H7N5O/c5-3-6-1-2(7-3)9-4(10)8-1/h1-2H,(H3,5,6,7)(H2,8,9,10). The molecule has 5 N–H and O–H groups in total. The molecule has 2 aliphatic rings. The number of rotatable bonds is 0. The molecule has 0 saturated carbocycles. The minimum absolute atomic E-state index is 0.160. The van der Waals surface area contributed by atoms with Gasteiger partial charge in [-0.1, -0.05) is 0 Å². The first kappa shape index (κ1) is 5.33. The van der Waals surface area contributed by atoms with Crippen LogP contribution in [0.4, 0.5) is 4.79 Å².